The van der Waals surface area contributed by atoms with Crippen LogP contribution in [0, 0.1) is 6.92 Å². The molecule has 0 radical (unpaired) electrons. The average Bonchev–Trinajstić information content (AvgIpc) is 3.21. The number of aryl methyl sites for hydroxylation is 1. The molecule has 0 saturated heterocycles. The highest BCUT2D eigenvalue weighted by Crippen LogP contribution is 2.42. The zero-order valence-electron chi connectivity index (χ0n) is 11.2. The monoisotopic (exact) mass is 265 g/mol. The number of imidazole rings is 1. The van der Waals surface area contributed by atoms with Gasteiger partial charge in [-0.2, -0.15) is 0 Å². The third kappa shape index (κ3) is 1.68. The summed E-state index contributed by atoms with van der Waals surface area (Å²) in [5, 5.41) is 10.2. The molecule has 0 spiro atoms. The Kier molecular flexibility index (Phi) is 2.33. The van der Waals surface area contributed by atoms with Crippen molar-refractivity contribution in [2.24, 2.45) is 0 Å². The van der Waals surface area contributed by atoms with Crippen molar-refractivity contribution in [3.63, 3.8) is 0 Å². The van der Waals surface area contributed by atoms with E-state index in [4.69, 9.17) is 0 Å². The number of hydrogen-bond donors (Lipinski definition) is 1. The summed E-state index contributed by atoms with van der Waals surface area (Å²) in [5.74, 6) is 1.12. The zero-order valence-corrected chi connectivity index (χ0v) is 11.2. The Hall–Kier alpha value is -2.36. The van der Waals surface area contributed by atoms with Crippen molar-refractivity contribution in [1.82, 2.24) is 14.5 Å². The second-order valence-corrected chi connectivity index (χ2v) is 5.42. The van der Waals surface area contributed by atoms with Gasteiger partial charge in [0.15, 0.2) is 0 Å². The summed E-state index contributed by atoms with van der Waals surface area (Å²) >= 11 is 0. The molecule has 4 rings (SSSR count). The molecular formula is C16H15N3O. The average molecular weight is 265 g/mol. The van der Waals surface area contributed by atoms with Gasteiger partial charge in [0.25, 0.3) is 0 Å². The van der Waals surface area contributed by atoms with Crippen LogP contribution < -0.4 is 0 Å². The minimum absolute atomic E-state index is 0.278. The van der Waals surface area contributed by atoms with Crippen molar-refractivity contribution in [1.29, 1.82) is 0 Å². The molecule has 0 aliphatic heterocycles. The van der Waals surface area contributed by atoms with Gasteiger partial charge >= 0.3 is 0 Å². The number of hydrogen-bond acceptors (Lipinski definition) is 3. The summed E-state index contributed by atoms with van der Waals surface area (Å²) in [6.07, 6.45) is 5.92. The first-order chi connectivity index (χ1) is 9.74. The van der Waals surface area contributed by atoms with Gasteiger partial charge in [0.05, 0.1) is 17.3 Å². The molecule has 2 aromatic heterocycles. The first kappa shape index (κ1) is 11.5. The maximum atomic E-state index is 10.2. The molecule has 1 aliphatic rings. The fourth-order valence-corrected chi connectivity index (χ4v) is 2.67. The largest absolute Gasteiger partial charge is 0.507 e. The van der Waals surface area contributed by atoms with Crippen molar-refractivity contribution < 1.29 is 5.11 Å². The van der Waals surface area contributed by atoms with E-state index in [1.165, 1.54) is 12.8 Å². The summed E-state index contributed by atoms with van der Waals surface area (Å²) in [6, 6.07) is 8.13. The van der Waals surface area contributed by atoms with Crippen molar-refractivity contribution in [2.45, 2.75) is 25.8 Å². The van der Waals surface area contributed by atoms with Gasteiger partial charge < -0.3 is 9.67 Å². The first-order valence-corrected chi connectivity index (χ1v) is 6.86. The first-order valence-electron chi connectivity index (χ1n) is 6.86. The molecule has 100 valence electrons. The lowest BCUT2D eigenvalue weighted by molar-refractivity contribution is 0.476. The number of phenols is 1. The van der Waals surface area contributed by atoms with Crippen LogP contribution in [0.1, 0.15) is 24.4 Å². The molecule has 2 heterocycles. The molecule has 1 aliphatic carbocycles. The molecule has 1 aromatic carbocycles. The quantitative estimate of drug-likeness (QED) is 0.772. The van der Waals surface area contributed by atoms with Crippen molar-refractivity contribution in [3.8, 4) is 17.1 Å². The van der Waals surface area contributed by atoms with E-state index in [9.17, 15) is 5.11 Å². The molecule has 20 heavy (non-hydrogen) atoms. The SMILES string of the molecule is Cc1ccc(O)c(-c2nc3cnccc3n2C2CC2)c1. The maximum absolute atomic E-state index is 10.2. The molecule has 1 N–H and O–H groups in total. The van der Waals surface area contributed by atoms with Crippen LogP contribution in [0.5, 0.6) is 5.75 Å². The number of rotatable bonds is 2. The number of aromatic hydroxyl groups is 1. The number of fused-ring (bicyclic) bond motifs is 1. The summed E-state index contributed by atoms with van der Waals surface area (Å²) in [5.41, 5.74) is 3.90. The lowest BCUT2D eigenvalue weighted by Gasteiger charge is -2.09. The highest BCUT2D eigenvalue weighted by molar-refractivity contribution is 5.81. The Morgan fingerprint density at radius 1 is 1.25 bits per heavy atom. The summed E-state index contributed by atoms with van der Waals surface area (Å²) in [6.45, 7) is 2.02. The topological polar surface area (TPSA) is 50.9 Å². The number of pyridine rings is 1. The third-order valence-corrected chi connectivity index (χ3v) is 3.80. The van der Waals surface area contributed by atoms with Gasteiger partial charge in [-0.25, -0.2) is 4.98 Å². The summed E-state index contributed by atoms with van der Waals surface area (Å²) < 4.78 is 2.24. The zero-order chi connectivity index (χ0) is 13.7. The fraction of sp³-hybridized carbons (Fsp3) is 0.250. The normalized spacial score (nSPS) is 14.8. The number of phenolic OH excluding ortho intramolecular Hbond substituents is 1. The molecule has 4 heteroatoms. The highest BCUT2D eigenvalue weighted by Gasteiger charge is 2.29. The number of nitrogens with zero attached hydrogens (tertiary/aromatic N) is 3. The number of aromatic nitrogens is 3. The molecule has 0 amide bonds. The van der Waals surface area contributed by atoms with Crippen LogP contribution in [-0.2, 0) is 0 Å². The van der Waals surface area contributed by atoms with Gasteiger partial charge in [-0.05, 0) is 38.0 Å². The van der Waals surface area contributed by atoms with Gasteiger partial charge in [-0.3, -0.25) is 4.98 Å². The fourth-order valence-electron chi connectivity index (χ4n) is 2.67. The van der Waals surface area contributed by atoms with Gasteiger partial charge in [0.2, 0.25) is 0 Å². The van der Waals surface area contributed by atoms with Crippen LogP contribution >= 0.6 is 0 Å². The maximum Gasteiger partial charge on any atom is 0.145 e. The predicted molar refractivity (Wildman–Crippen MR) is 77.6 cm³/mol. The molecule has 0 bridgehead atoms. The van der Waals surface area contributed by atoms with E-state index in [1.54, 1.807) is 18.5 Å². The van der Waals surface area contributed by atoms with Gasteiger partial charge in [0, 0.05) is 12.2 Å². The van der Waals surface area contributed by atoms with Crippen molar-refractivity contribution in [3.05, 3.63) is 42.2 Å². The van der Waals surface area contributed by atoms with E-state index < -0.39 is 0 Å². The van der Waals surface area contributed by atoms with Crippen LogP contribution in [0.25, 0.3) is 22.4 Å². The number of benzene rings is 1. The van der Waals surface area contributed by atoms with Crippen LogP contribution in [-0.4, -0.2) is 19.6 Å². The van der Waals surface area contributed by atoms with Crippen LogP contribution in [0.4, 0.5) is 0 Å². The Morgan fingerprint density at radius 3 is 2.90 bits per heavy atom. The summed E-state index contributed by atoms with van der Waals surface area (Å²) in [4.78, 5) is 8.83. The van der Waals surface area contributed by atoms with E-state index in [0.717, 1.165) is 28.0 Å². The van der Waals surface area contributed by atoms with Crippen LogP contribution in [0.3, 0.4) is 0 Å². The third-order valence-electron chi connectivity index (χ3n) is 3.80. The minimum atomic E-state index is 0.278. The van der Waals surface area contributed by atoms with E-state index >= 15 is 0 Å². The lowest BCUT2D eigenvalue weighted by Crippen LogP contribution is -1.97. The lowest BCUT2D eigenvalue weighted by atomic mass is 10.1. The van der Waals surface area contributed by atoms with Gasteiger partial charge in [-0.15, -0.1) is 0 Å². The Balaban J connectivity index is 2.03. The molecule has 1 fully saturated rings. The van der Waals surface area contributed by atoms with E-state index in [0.29, 0.717) is 6.04 Å². The molecule has 4 nitrogen and oxygen atoms in total. The second-order valence-electron chi connectivity index (χ2n) is 5.42. The smallest absolute Gasteiger partial charge is 0.145 e. The van der Waals surface area contributed by atoms with Crippen molar-refractivity contribution >= 4 is 11.0 Å². The summed E-state index contributed by atoms with van der Waals surface area (Å²) in [7, 11) is 0. The van der Waals surface area contributed by atoms with Crippen molar-refractivity contribution in [2.75, 3.05) is 0 Å². The Labute approximate surface area is 116 Å². The molecule has 0 atom stereocenters. The van der Waals surface area contributed by atoms with Gasteiger partial charge in [0.1, 0.15) is 17.1 Å². The van der Waals surface area contributed by atoms with E-state index in [2.05, 4.69) is 14.5 Å². The highest BCUT2D eigenvalue weighted by atomic mass is 16.3. The van der Waals surface area contributed by atoms with E-state index in [-0.39, 0.29) is 5.75 Å². The van der Waals surface area contributed by atoms with Crippen LogP contribution in [0.15, 0.2) is 36.7 Å². The molecule has 0 unspecified atom stereocenters. The Morgan fingerprint density at radius 2 is 2.10 bits per heavy atom. The van der Waals surface area contributed by atoms with Gasteiger partial charge in [-0.1, -0.05) is 11.6 Å². The Bertz CT molecular complexity index is 803. The second kappa shape index (κ2) is 4.07. The minimum Gasteiger partial charge on any atom is -0.507 e. The molecular weight excluding hydrogens is 250 g/mol. The standard InChI is InChI=1S/C16H15N3O/c1-10-2-5-15(20)12(8-10)16-18-13-9-17-7-6-14(13)19(16)11-3-4-11/h2,5-9,11,20H,3-4H2,1H3. The van der Waals surface area contributed by atoms with Crippen LogP contribution in [0.2, 0.25) is 0 Å². The van der Waals surface area contributed by atoms with E-state index in [1.807, 2.05) is 25.1 Å². The molecule has 3 aromatic rings. The predicted octanol–water partition coefficient (Wildman–Crippen LogP) is 3.45. The molecule has 1 saturated carbocycles.